The highest BCUT2D eigenvalue weighted by Gasteiger charge is 2.25. The number of aryl methyl sites for hydroxylation is 2. The number of nitrogens with zero attached hydrogens (tertiary/aromatic N) is 3. The molecule has 0 unspecified atom stereocenters. The largest absolute Gasteiger partial charge is 0.490 e. The maximum absolute atomic E-state index is 6.42. The van der Waals surface area contributed by atoms with E-state index in [1.54, 1.807) is 11.3 Å². The first-order chi connectivity index (χ1) is 14.8. The van der Waals surface area contributed by atoms with E-state index in [1.807, 2.05) is 24.3 Å². The molecule has 0 radical (unpaired) electrons. The lowest BCUT2D eigenvalue weighted by Gasteiger charge is -2.25. The van der Waals surface area contributed by atoms with Gasteiger partial charge < -0.3 is 14.2 Å². The summed E-state index contributed by atoms with van der Waals surface area (Å²) < 4.78 is 17.8. The van der Waals surface area contributed by atoms with Crippen LogP contribution in [0.25, 0.3) is 10.2 Å². The van der Waals surface area contributed by atoms with Crippen LogP contribution in [-0.4, -0.2) is 47.8 Å². The summed E-state index contributed by atoms with van der Waals surface area (Å²) in [6, 6.07) is 7.85. The van der Waals surface area contributed by atoms with Crippen molar-refractivity contribution in [1.29, 1.82) is 0 Å². The normalized spacial score (nSPS) is 16.7. The summed E-state index contributed by atoms with van der Waals surface area (Å²) >= 11 is 1.80. The summed E-state index contributed by atoms with van der Waals surface area (Å²) in [6.45, 7) is 6.83. The van der Waals surface area contributed by atoms with Crippen molar-refractivity contribution < 1.29 is 14.2 Å². The van der Waals surface area contributed by atoms with Gasteiger partial charge in [0.15, 0.2) is 11.5 Å². The van der Waals surface area contributed by atoms with Crippen LogP contribution in [0.15, 0.2) is 24.3 Å². The Kier molecular flexibility index (Phi) is 5.84. The molecule has 2 aromatic heterocycles. The molecule has 3 heterocycles. The van der Waals surface area contributed by atoms with Gasteiger partial charge in [-0.15, -0.1) is 11.3 Å². The summed E-state index contributed by atoms with van der Waals surface area (Å²) in [6.07, 6.45) is 4.35. The van der Waals surface area contributed by atoms with Crippen LogP contribution in [0.4, 0.5) is 0 Å². The minimum atomic E-state index is 0.662. The number of hydrogen-bond donors (Lipinski definition) is 0. The number of aromatic nitrogens is 2. The molecular formula is C23H27N3O3S. The van der Waals surface area contributed by atoms with Gasteiger partial charge in [-0.1, -0.05) is 19.1 Å². The molecule has 158 valence electrons. The maximum Gasteiger partial charge on any atom is 0.231 e. The maximum atomic E-state index is 6.42. The van der Waals surface area contributed by atoms with Gasteiger partial charge in [-0.05, 0) is 43.4 Å². The van der Waals surface area contributed by atoms with Gasteiger partial charge in [0, 0.05) is 18.0 Å². The van der Waals surface area contributed by atoms with Crippen LogP contribution in [0.2, 0.25) is 0 Å². The predicted octanol–water partition coefficient (Wildman–Crippen LogP) is 4.59. The van der Waals surface area contributed by atoms with Gasteiger partial charge in [-0.3, -0.25) is 4.90 Å². The van der Waals surface area contributed by atoms with E-state index in [0.29, 0.717) is 24.8 Å². The highest BCUT2D eigenvalue weighted by Crippen LogP contribution is 2.42. The molecule has 1 aromatic carbocycles. The monoisotopic (exact) mass is 425 g/mol. The molecule has 0 bridgehead atoms. The van der Waals surface area contributed by atoms with Crippen LogP contribution in [-0.2, 0) is 24.1 Å². The molecule has 2 aliphatic rings. The SMILES string of the molecule is CCCOc1ccccc1Oc1nc(CN2CCOCC2)nc2sc3c(c12)CCC3. The molecule has 7 heteroatoms. The third kappa shape index (κ3) is 4.02. The van der Waals surface area contributed by atoms with Crippen molar-refractivity contribution >= 4 is 21.6 Å². The Morgan fingerprint density at radius 3 is 2.77 bits per heavy atom. The van der Waals surface area contributed by atoms with Crippen molar-refractivity contribution in [3.8, 4) is 17.4 Å². The van der Waals surface area contributed by atoms with Crippen LogP contribution < -0.4 is 9.47 Å². The molecule has 5 rings (SSSR count). The van der Waals surface area contributed by atoms with Crippen molar-refractivity contribution in [2.24, 2.45) is 0 Å². The van der Waals surface area contributed by atoms with E-state index in [-0.39, 0.29) is 0 Å². The molecule has 0 spiro atoms. The number of rotatable bonds is 7. The molecule has 3 aromatic rings. The predicted molar refractivity (Wildman–Crippen MR) is 118 cm³/mol. The molecular weight excluding hydrogens is 398 g/mol. The number of para-hydroxylation sites is 2. The number of hydrogen-bond acceptors (Lipinski definition) is 7. The number of benzene rings is 1. The van der Waals surface area contributed by atoms with Gasteiger partial charge in [0.05, 0.1) is 31.8 Å². The van der Waals surface area contributed by atoms with Crippen molar-refractivity contribution in [2.45, 2.75) is 39.2 Å². The number of ether oxygens (including phenoxy) is 3. The van der Waals surface area contributed by atoms with Gasteiger partial charge >= 0.3 is 0 Å². The lowest BCUT2D eigenvalue weighted by atomic mass is 10.2. The fourth-order valence-electron chi connectivity index (χ4n) is 4.08. The van der Waals surface area contributed by atoms with Crippen molar-refractivity contribution in [2.75, 3.05) is 32.9 Å². The summed E-state index contributed by atoms with van der Waals surface area (Å²) in [4.78, 5) is 14.6. The molecule has 1 aliphatic carbocycles. The van der Waals surface area contributed by atoms with Gasteiger partial charge in [0.1, 0.15) is 10.7 Å². The lowest BCUT2D eigenvalue weighted by Crippen LogP contribution is -2.36. The Morgan fingerprint density at radius 2 is 1.93 bits per heavy atom. The second kappa shape index (κ2) is 8.88. The lowest BCUT2D eigenvalue weighted by molar-refractivity contribution is 0.0330. The number of thiophene rings is 1. The standard InChI is InChI=1S/C23H27N3O3S/c1-2-12-28-17-7-3-4-8-18(17)29-22-21-16-6-5-9-19(16)30-23(21)25-20(24-22)15-26-10-13-27-14-11-26/h3-4,7-8H,2,5-6,9-15H2,1H3. The van der Waals surface area contributed by atoms with Crippen LogP contribution in [0.1, 0.15) is 36.0 Å². The Morgan fingerprint density at radius 1 is 1.10 bits per heavy atom. The second-order valence-electron chi connectivity index (χ2n) is 7.77. The van der Waals surface area contributed by atoms with Crippen molar-refractivity contribution in [3.63, 3.8) is 0 Å². The Balaban J connectivity index is 1.52. The molecule has 0 saturated carbocycles. The van der Waals surface area contributed by atoms with Crippen molar-refractivity contribution in [1.82, 2.24) is 14.9 Å². The first-order valence-corrected chi connectivity index (χ1v) is 11.6. The van der Waals surface area contributed by atoms with E-state index in [2.05, 4.69) is 11.8 Å². The van der Waals surface area contributed by atoms with Crippen molar-refractivity contribution in [3.05, 3.63) is 40.5 Å². The zero-order chi connectivity index (χ0) is 20.3. The molecule has 6 nitrogen and oxygen atoms in total. The van der Waals surface area contributed by atoms with Crippen LogP contribution >= 0.6 is 11.3 Å². The Labute approximate surface area is 180 Å². The van der Waals surface area contributed by atoms with Gasteiger partial charge in [0.25, 0.3) is 0 Å². The van der Waals surface area contributed by atoms with E-state index >= 15 is 0 Å². The molecule has 0 amide bonds. The fraction of sp³-hybridized carbons (Fsp3) is 0.478. The summed E-state index contributed by atoms with van der Waals surface area (Å²) in [5.41, 5.74) is 1.37. The topological polar surface area (TPSA) is 56.7 Å². The molecule has 1 aliphatic heterocycles. The van der Waals surface area contributed by atoms with E-state index < -0.39 is 0 Å². The highest BCUT2D eigenvalue weighted by atomic mass is 32.1. The quantitative estimate of drug-likeness (QED) is 0.552. The van der Waals surface area contributed by atoms with E-state index in [0.717, 1.165) is 67.4 Å². The molecule has 1 saturated heterocycles. The first kappa shape index (κ1) is 19.7. The third-order valence-electron chi connectivity index (χ3n) is 5.56. The molecule has 1 fully saturated rings. The Bertz CT molecular complexity index is 1030. The number of morpholine rings is 1. The Hall–Kier alpha value is -2.22. The zero-order valence-corrected chi connectivity index (χ0v) is 18.2. The van der Waals surface area contributed by atoms with Gasteiger partial charge in [-0.2, -0.15) is 4.98 Å². The smallest absolute Gasteiger partial charge is 0.231 e. The summed E-state index contributed by atoms with van der Waals surface area (Å²) in [5, 5.41) is 1.09. The first-order valence-electron chi connectivity index (χ1n) is 10.8. The zero-order valence-electron chi connectivity index (χ0n) is 17.4. The minimum Gasteiger partial charge on any atom is -0.490 e. The van der Waals surface area contributed by atoms with Crippen LogP contribution in [0.3, 0.4) is 0 Å². The van der Waals surface area contributed by atoms with Gasteiger partial charge in [0.2, 0.25) is 5.88 Å². The average molecular weight is 426 g/mol. The van der Waals surface area contributed by atoms with E-state index in [4.69, 9.17) is 24.2 Å². The summed E-state index contributed by atoms with van der Waals surface area (Å²) in [7, 11) is 0. The van der Waals surface area contributed by atoms with E-state index in [9.17, 15) is 0 Å². The summed E-state index contributed by atoms with van der Waals surface area (Å²) in [5.74, 6) is 2.94. The van der Waals surface area contributed by atoms with E-state index in [1.165, 1.54) is 16.9 Å². The number of fused-ring (bicyclic) bond motifs is 3. The molecule has 0 atom stereocenters. The average Bonchev–Trinajstić information content (AvgIpc) is 3.35. The fourth-order valence-corrected chi connectivity index (χ4v) is 5.35. The second-order valence-corrected chi connectivity index (χ2v) is 8.85. The molecule has 30 heavy (non-hydrogen) atoms. The molecule has 0 N–H and O–H groups in total. The van der Waals surface area contributed by atoms with Gasteiger partial charge in [-0.25, -0.2) is 4.98 Å². The minimum absolute atomic E-state index is 0.662. The highest BCUT2D eigenvalue weighted by molar-refractivity contribution is 7.19. The van der Waals surface area contributed by atoms with Crippen LogP contribution in [0, 0.1) is 0 Å². The third-order valence-corrected chi connectivity index (χ3v) is 6.75. The van der Waals surface area contributed by atoms with Crippen LogP contribution in [0.5, 0.6) is 17.4 Å².